The summed E-state index contributed by atoms with van der Waals surface area (Å²) in [6.45, 7) is 4.54. The Hall–Kier alpha value is -2.14. The van der Waals surface area contributed by atoms with E-state index in [1.54, 1.807) is 23.3 Å². The van der Waals surface area contributed by atoms with Gasteiger partial charge in [-0.2, -0.15) is 0 Å². The number of aromatic amines is 1. The predicted octanol–water partition coefficient (Wildman–Crippen LogP) is 3.51. The summed E-state index contributed by atoms with van der Waals surface area (Å²) >= 11 is 1.54. The largest absolute Gasteiger partial charge is 0.340 e. The van der Waals surface area contributed by atoms with Crippen molar-refractivity contribution in [2.45, 2.75) is 20.4 Å². The van der Waals surface area contributed by atoms with E-state index in [0.29, 0.717) is 6.54 Å². The molecule has 4 nitrogen and oxygen atoms in total. The predicted molar refractivity (Wildman–Crippen MR) is 85.7 cm³/mol. The summed E-state index contributed by atoms with van der Waals surface area (Å²) in [7, 11) is 1.81. The van der Waals surface area contributed by atoms with Crippen LogP contribution >= 0.6 is 11.3 Å². The van der Waals surface area contributed by atoms with Gasteiger partial charge in [0.15, 0.2) is 0 Å². The minimum atomic E-state index is 0.0386. The van der Waals surface area contributed by atoms with Crippen LogP contribution in [0.25, 0.3) is 11.0 Å². The highest BCUT2D eigenvalue weighted by Gasteiger charge is 2.16. The summed E-state index contributed by atoms with van der Waals surface area (Å²) < 4.78 is 0. The first-order valence-electron chi connectivity index (χ1n) is 6.80. The van der Waals surface area contributed by atoms with Gasteiger partial charge in [0.05, 0.1) is 22.5 Å². The molecule has 0 saturated heterocycles. The minimum absolute atomic E-state index is 0.0386. The van der Waals surface area contributed by atoms with Crippen LogP contribution in [0.5, 0.6) is 0 Å². The average molecular weight is 299 g/mol. The topological polar surface area (TPSA) is 49.0 Å². The number of rotatable bonds is 3. The van der Waals surface area contributed by atoms with E-state index in [1.807, 2.05) is 44.2 Å². The van der Waals surface area contributed by atoms with Crippen molar-refractivity contribution in [2.75, 3.05) is 7.05 Å². The lowest BCUT2D eigenvalue weighted by atomic mass is 10.3. The first-order valence-corrected chi connectivity index (χ1v) is 7.62. The molecule has 1 aromatic carbocycles. The van der Waals surface area contributed by atoms with Gasteiger partial charge in [-0.05, 0) is 37.6 Å². The Labute approximate surface area is 127 Å². The highest BCUT2D eigenvalue weighted by Crippen LogP contribution is 2.22. The molecule has 0 aliphatic rings. The number of aryl methyl sites for hydroxylation is 2. The zero-order valence-corrected chi connectivity index (χ0v) is 13.1. The summed E-state index contributed by atoms with van der Waals surface area (Å²) in [5.74, 6) is 0.841. The van der Waals surface area contributed by atoms with Crippen LogP contribution in [-0.4, -0.2) is 27.8 Å². The number of para-hydroxylation sites is 2. The monoisotopic (exact) mass is 299 g/mol. The van der Waals surface area contributed by atoms with Crippen molar-refractivity contribution >= 4 is 28.3 Å². The number of amides is 1. The Kier molecular flexibility index (Phi) is 3.51. The van der Waals surface area contributed by atoms with Gasteiger partial charge in [0.2, 0.25) is 0 Å². The lowest BCUT2D eigenvalue weighted by molar-refractivity contribution is 0.0786. The molecule has 0 spiro atoms. The molecule has 0 aliphatic heterocycles. The van der Waals surface area contributed by atoms with Crippen molar-refractivity contribution in [3.8, 4) is 0 Å². The number of aromatic nitrogens is 2. The van der Waals surface area contributed by atoms with Gasteiger partial charge in [-0.1, -0.05) is 12.1 Å². The Morgan fingerprint density at radius 2 is 2.10 bits per heavy atom. The quantitative estimate of drug-likeness (QED) is 0.804. The molecule has 3 rings (SSSR count). The van der Waals surface area contributed by atoms with Crippen molar-refractivity contribution < 1.29 is 4.79 Å². The van der Waals surface area contributed by atoms with Crippen molar-refractivity contribution in [3.63, 3.8) is 0 Å². The number of nitrogens with zero attached hydrogens (tertiary/aromatic N) is 2. The van der Waals surface area contributed by atoms with Crippen LogP contribution in [0.3, 0.4) is 0 Å². The van der Waals surface area contributed by atoms with Crippen molar-refractivity contribution in [2.24, 2.45) is 0 Å². The molecule has 0 aliphatic carbocycles. The van der Waals surface area contributed by atoms with Crippen molar-refractivity contribution in [1.29, 1.82) is 0 Å². The highest BCUT2D eigenvalue weighted by atomic mass is 32.1. The van der Waals surface area contributed by atoms with E-state index in [4.69, 9.17) is 0 Å². The van der Waals surface area contributed by atoms with Gasteiger partial charge >= 0.3 is 0 Å². The Bertz CT molecular complexity index is 750. The lowest BCUT2D eigenvalue weighted by Gasteiger charge is -2.14. The highest BCUT2D eigenvalue weighted by molar-refractivity contribution is 7.14. The Morgan fingerprint density at radius 3 is 2.76 bits per heavy atom. The molecule has 1 N–H and O–H groups in total. The van der Waals surface area contributed by atoms with E-state index in [0.717, 1.165) is 21.7 Å². The third kappa shape index (κ3) is 2.69. The fourth-order valence-corrected chi connectivity index (χ4v) is 3.27. The molecule has 0 radical (unpaired) electrons. The maximum atomic E-state index is 12.4. The standard InChI is InChI=1S/C16H17N3OS/c1-10-8-14(21-11(10)2)16(20)19(3)9-15-17-12-6-4-5-7-13(12)18-15/h4-8H,9H2,1-3H3,(H,17,18). The summed E-state index contributed by atoms with van der Waals surface area (Å²) in [4.78, 5) is 23.8. The normalized spacial score (nSPS) is 11.0. The van der Waals surface area contributed by atoms with Gasteiger partial charge < -0.3 is 9.88 Å². The Balaban J connectivity index is 1.79. The molecule has 0 bridgehead atoms. The summed E-state index contributed by atoms with van der Waals surface area (Å²) in [6, 6.07) is 9.83. The van der Waals surface area contributed by atoms with Crippen LogP contribution in [-0.2, 0) is 6.54 Å². The Morgan fingerprint density at radius 1 is 1.33 bits per heavy atom. The van der Waals surface area contributed by atoms with Gasteiger partial charge in [0, 0.05) is 11.9 Å². The van der Waals surface area contributed by atoms with Gasteiger partial charge in [0.1, 0.15) is 5.82 Å². The molecule has 1 amide bonds. The number of fused-ring (bicyclic) bond motifs is 1. The number of hydrogen-bond donors (Lipinski definition) is 1. The molecular weight excluding hydrogens is 282 g/mol. The third-order valence-electron chi connectivity index (χ3n) is 3.55. The fraction of sp³-hybridized carbons (Fsp3) is 0.250. The smallest absolute Gasteiger partial charge is 0.264 e. The lowest BCUT2D eigenvalue weighted by Crippen LogP contribution is -2.25. The molecule has 2 aromatic heterocycles. The van der Waals surface area contributed by atoms with Crippen molar-refractivity contribution in [1.82, 2.24) is 14.9 Å². The van der Waals surface area contributed by atoms with E-state index in [-0.39, 0.29) is 5.91 Å². The van der Waals surface area contributed by atoms with E-state index in [9.17, 15) is 4.79 Å². The van der Waals surface area contributed by atoms with Gasteiger partial charge in [-0.3, -0.25) is 4.79 Å². The van der Waals surface area contributed by atoms with Crippen LogP contribution in [0, 0.1) is 13.8 Å². The molecule has 0 atom stereocenters. The van der Waals surface area contributed by atoms with Crippen molar-refractivity contribution in [3.05, 3.63) is 51.5 Å². The molecular formula is C16H17N3OS. The molecule has 21 heavy (non-hydrogen) atoms. The maximum Gasteiger partial charge on any atom is 0.264 e. The summed E-state index contributed by atoms with van der Waals surface area (Å²) in [5, 5.41) is 0. The number of imidazole rings is 1. The zero-order valence-electron chi connectivity index (χ0n) is 12.3. The molecule has 108 valence electrons. The first kappa shape index (κ1) is 13.8. The second kappa shape index (κ2) is 5.33. The molecule has 0 saturated carbocycles. The third-order valence-corrected chi connectivity index (χ3v) is 4.69. The van der Waals surface area contributed by atoms with E-state index >= 15 is 0 Å². The molecule has 2 heterocycles. The number of nitrogens with one attached hydrogen (secondary N) is 1. The molecule has 0 fully saturated rings. The number of carbonyl (C=O) groups is 1. The van der Waals surface area contributed by atoms with E-state index < -0.39 is 0 Å². The number of thiophene rings is 1. The summed E-state index contributed by atoms with van der Waals surface area (Å²) in [6.07, 6.45) is 0. The maximum absolute atomic E-state index is 12.4. The summed E-state index contributed by atoms with van der Waals surface area (Å²) in [5.41, 5.74) is 3.09. The van der Waals surface area contributed by atoms with Crippen LogP contribution in [0.15, 0.2) is 30.3 Å². The minimum Gasteiger partial charge on any atom is -0.340 e. The molecule has 5 heteroatoms. The molecule has 0 unspecified atom stereocenters. The van der Waals surface area contributed by atoms with Gasteiger partial charge in [-0.15, -0.1) is 11.3 Å². The average Bonchev–Trinajstić information content (AvgIpc) is 3.01. The second-order valence-corrected chi connectivity index (χ2v) is 6.47. The zero-order chi connectivity index (χ0) is 15.0. The fourth-order valence-electron chi connectivity index (χ4n) is 2.24. The number of hydrogen-bond acceptors (Lipinski definition) is 3. The molecule has 3 aromatic rings. The van der Waals surface area contributed by atoms with Crippen LogP contribution in [0.1, 0.15) is 25.9 Å². The van der Waals surface area contributed by atoms with Gasteiger partial charge in [-0.25, -0.2) is 4.98 Å². The van der Waals surface area contributed by atoms with Crippen LogP contribution in [0.2, 0.25) is 0 Å². The van der Waals surface area contributed by atoms with E-state index in [2.05, 4.69) is 9.97 Å². The van der Waals surface area contributed by atoms with Gasteiger partial charge in [0.25, 0.3) is 5.91 Å². The number of carbonyl (C=O) groups excluding carboxylic acids is 1. The van der Waals surface area contributed by atoms with Crippen LogP contribution in [0.4, 0.5) is 0 Å². The first-order chi connectivity index (χ1) is 10.0. The SMILES string of the molecule is Cc1cc(C(=O)N(C)Cc2nc3ccccc3[nH]2)sc1C. The van der Waals surface area contributed by atoms with E-state index in [1.165, 1.54) is 10.4 Å². The number of benzene rings is 1. The number of H-pyrrole nitrogens is 1. The second-order valence-electron chi connectivity index (χ2n) is 5.21. The van der Waals surface area contributed by atoms with Crippen LogP contribution < -0.4 is 0 Å².